The molecule has 2 heterocycles. The molecule has 0 spiro atoms. The maximum Gasteiger partial charge on any atom is 0.218 e. The van der Waals surface area contributed by atoms with Gasteiger partial charge in [0.2, 0.25) is 5.88 Å². The van der Waals surface area contributed by atoms with Crippen molar-refractivity contribution in [3.8, 4) is 5.88 Å². The highest BCUT2D eigenvalue weighted by atomic mass is 127. The maximum atomic E-state index is 6.23. The van der Waals surface area contributed by atoms with E-state index in [0.717, 1.165) is 36.8 Å². The standard InChI is InChI=1S/C20H26ClN5O2.HI/c1-27-13-14-28-19-16(3-2-8-23-19)15-24-20(22)26-11-9-25(10-12-26)18-6-4-17(21)5-7-18;/h2-8H,9-15H2,1H3,(H2,22,24);1H. The Morgan fingerprint density at radius 2 is 1.86 bits per heavy atom. The Kier molecular flexibility index (Phi) is 9.75. The Balaban J connectivity index is 0.00000300. The van der Waals surface area contributed by atoms with Crippen molar-refractivity contribution in [2.24, 2.45) is 10.7 Å². The number of hydrogen-bond donors (Lipinski definition) is 1. The Labute approximate surface area is 193 Å². The van der Waals surface area contributed by atoms with Crippen LogP contribution in [-0.2, 0) is 11.3 Å². The highest BCUT2D eigenvalue weighted by molar-refractivity contribution is 14.0. The third kappa shape index (κ3) is 6.90. The molecule has 0 aliphatic carbocycles. The zero-order valence-corrected chi connectivity index (χ0v) is 19.5. The molecule has 0 amide bonds. The summed E-state index contributed by atoms with van der Waals surface area (Å²) in [5.41, 5.74) is 8.31. The molecule has 3 rings (SSSR count). The van der Waals surface area contributed by atoms with Gasteiger partial charge >= 0.3 is 0 Å². The van der Waals surface area contributed by atoms with Crippen LogP contribution < -0.4 is 15.4 Å². The number of rotatable bonds is 7. The molecule has 1 aromatic heterocycles. The predicted molar refractivity (Wildman–Crippen MR) is 128 cm³/mol. The third-order valence-electron chi connectivity index (χ3n) is 4.58. The van der Waals surface area contributed by atoms with E-state index in [-0.39, 0.29) is 24.0 Å². The molecule has 0 saturated carbocycles. The summed E-state index contributed by atoms with van der Waals surface area (Å²) in [6.45, 7) is 4.81. The largest absolute Gasteiger partial charge is 0.475 e. The summed E-state index contributed by atoms with van der Waals surface area (Å²) in [5, 5.41) is 0.750. The lowest BCUT2D eigenvalue weighted by atomic mass is 10.2. The number of guanidine groups is 1. The topological polar surface area (TPSA) is 76.2 Å². The van der Waals surface area contributed by atoms with Crippen molar-refractivity contribution in [2.45, 2.75) is 6.54 Å². The van der Waals surface area contributed by atoms with Gasteiger partial charge in [0, 0.05) is 55.8 Å². The lowest BCUT2D eigenvalue weighted by Gasteiger charge is -2.36. The van der Waals surface area contributed by atoms with Crippen molar-refractivity contribution in [1.82, 2.24) is 9.88 Å². The SMILES string of the molecule is COCCOc1ncccc1CN=C(N)N1CCN(c2ccc(Cl)cc2)CC1.I. The van der Waals surface area contributed by atoms with E-state index in [1.165, 1.54) is 5.69 Å². The van der Waals surface area contributed by atoms with Crippen LogP contribution in [0.1, 0.15) is 5.56 Å². The molecule has 1 saturated heterocycles. The van der Waals surface area contributed by atoms with E-state index in [1.807, 2.05) is 36.4 Å². The molecule has 9 heteroatoms. The minimum Gasteiger partial charge on any atom is -0.475 e. The number of aromatic nitrogens is 1. The summed E-state index contributed by atoms with van der Waals surface area (Å²) in [6, 6.07) is 11.7. The normalized spacial score (nSPS) is 14.5. The van der Waals surface area contributed by atoms with Gasteiger partial charge in [-0.3, -0.25) is 0 Å². The first-order valence-electron chi connectivity index (χ1n) is 9.28. The Morgan fingerprint density at radius 3 is 2.55 bits per heavy atom. The summed E-state index contributed by atoms with van der Waals surface area (Å²) in [5.74, 6) is 1.12. The number of piperazine rings is 1. The maximum absolute atomic E-state index is 6.23. The molecular formula is C20H27ClIN5O2. The van der Waals surface area contributed by atoms with Crippen LogP contribution in [0.5, 0.6) is 5.88 Å². The fourth-order valence-corrected chi connectivity index (χ4v) is 3.13. The average Bonchev–Trinajstić information content (AvgIpc) is 2.74. The third-order valence-corrected chi connectivity index (χ3v) is 4.84. The first-order chi connectivity index (χ1) is 13.7. The molecule has 0 atom stereocenters. The van der Waals surface area contributed by atoms with Gasteiger partial charge in [0.25, 0.3) is 0 Å². The number of pyridine rings is 1. The summed E-state index contributed by atoms with van der Waals surface area (Å²) in [7, 11) is 1.64. The number of nitrogens with two attached hydrogens (primary N) is 1. The molecule has 7 nitrogen and oxygen atoms in total. The van der Waals surface area contributed by atoms with Gasteiger partial charge < -0.3 is 25.0 Å². The van der Waals surface area contributed by atoms with Gasteiger partial charge in [-0.15, -0.1) is 24.0 Å². The van der Waals surface area contributed by atoms with Crippen LogP contribution in [0.15, 0.2) is 47.6 Å². The van der Waals surface area contributed by atoms with Gasteiger partial charge in [-0.1, -0.05) is 17.7 Å². The van der Waals surface area contributed by atoms with E-state index < -0.39 is 0 Å². The predicted octanol–water partition coefficient (Wildman–Crippen LogP) is 3.02. The van der Waals surface area contributed by atoms with Gasteiger partial charge in [0.05, 0.1) is 13.2 Å². The molecule has 1 aromatic carbocycles. The highest BCUT2D eigenvalue weighted by Crippen LogP contribution is 2.20. The van der Waals surface area contributed by atoms with Crippen LogP contribution in [0.2, 0.25) is 5.02 Å². The lowest BCUT2D eigenvalue weighted by molar-refractivity contribution is 0.143. The smallest absolute Gasteiger partial charge is 0.218 e. The number of nitrogens with zero attached hydrogens (tertiary/aromatic N) is 4. The average molecular weight is 532 g/mol. The Hall–Kier alpha value is -1.78. The van der Waals surface area contributed by atoms with Gasteiger partial charge in [-0.05, 0) is 30.3 Å². The molecule has 0 radical (unpaired) electrons. The van der Waals surface area contributed by atoms with E-state index >= 15 is 0 Å². The van der Waals surface area contributed by atoms with Crippen molar-refractivity contribution in [3.05, 3.63) is 53.2 Å². The molecule has 0 bridgehead atoms. The fourth-order valence-electron chi connectivity index (χ4n) is 3.01. The van der Waals surface area contributed by atoms with Crippen molar-refractivity contribution in [3.63, 3.8) is 0 Å². The Bertz CT molecular complexity index is 783. The zero-order valence-electron chi connectivity index (χ0n) is 16.5. The molecule has 29 heavy (non-hydrogen) atoms. The monoisotopic (exact) mass is 531 g/mol. The van der Waals surface area contributed by atoms with Gasteiger partial charge in [0.1, 0.15) is 6.61 Å². The highest BCUT2D eigenvalue weighted by Gasteiger charge is 2.18. The Morgan fingerprint density at radius 1 is 1.14 bits per heavy atom. The van der Waals surface area contributed by atoms with E-state index in [0.29, 0.717) is 31.6 Å². The molecular weight excluding hydrogens is 505 g/mol. The van der Waals surface area contributed by atoms with Gasteiger partial charge in [0.15, 0.2) is 5.96 Å². The van der Waals surface area contributed by atoms with Crippen LogP contribution in [0.3, 0.4) is 0 Å². The van der Waals surface area contributed by atoms with Crippen molar-refractivity contribution >= 4 is 47.2 Å². The summed E-state index contributed by atoms with van der Waals surface area (Å²) >= 11 is 5.97. The summed E-state index contributed by atoms with van der Waals surface area (Å²) in [4.78, 5) is 13.3. The van der Waals surface area contributed by atoms with Crippen LogP contribution >= 0.6 is 35.6 Å². The quantitative estimate of drug-likeness (QED) is 0.256. The molecule has 1 aliphatic heterocycles. The molecule has 2 N–H and O–H groups in total. The first-order valence-corrected chi connectivity index (χ1v) is 9.66. The first kappa shape index (κ1) is 23.5. The lowest BCUT2D eigenvalue weighted by Crippen LogP contribution is -2.51. The number of halogens is 2. The van der Waals surface area contributed by atoms with Crippen molar-refractivity contribution < 1.29 is 9.47 Å². The molecule has 1 aliphatic rings. The van der Waals surface area contributed by atoms with E-state index in [4.69, 9.17) is 26.8 Å². The zero-order chi connectivity index (χ0) is 19.8. The molecule has 0 unspecified atom stereocenters. The second-order valence-corrected chi connectivity index (χ2v) is 6.87. The minimum absolute atomic E-state index is 0. The van der Waals surface area contributed by atoms with Crippen LogP contribution in [-0.4, -0.2) is 62.3 Å². The molecule has 2 aromatic rings. The van der Waals surface area contributed by atoms with Crippen LogP contribution in [0.25, 0.3) is 0 Å². The number of ether oxygens (including phenoxy) is 2. The summed E-state index contributed by atoms with van der Waals surface area (Å²) in [6.07, 6.45) is 1.70. The van der Waals surface area contributed by atoms with Crippen LogP contribution in [0.4, 0.5) is 5.69 Å². The number of anilines is 1. The number of benzene rings is 1. The molecule has 1 fully saturated rings. The summed E-state index contributed by atoms with van der Waals surface area (Å²) < 4.78 is 10.7. The van der Waals surface area contributed by atoms with Crippen molar-refractivity contribution in [2.75, 3.05) is 51.4 Å². The second kappa shape index (κ2) is 12.0. The molecule has 158 valence electrons. The van der Waals surface area contributed by atoms with Gasteiger partial charge in [-0.2, -0.15) is 0 Å². The fraction of sp³-hybridized carbons (Fsp3) is 0.400. The number of aliphatic imine (C=N–C) groups is 1. The minimum atomic E-state index is 0. The number of hydrogen-bond acceptors (Lipinski definition) is 5. The van der Waals surface area contributed by atoms with E-state index in [1.54, 1.807) is 13.3 Å². The van der Waals surface area contributed by atoms with Crippen LogP contribution in [0, 0.1) is 0 Å². The van der Waals surface area contributed by atoms with Crippen molar-refractivity contribution in [1.29, 1.82) is 0 Å². The van der Waals surface area contributed by atoms with E-state index in [2.05, 4.69) is 19.8 Å². The van der Waals surface area contributed by atoms with E-state index in [9.17, 15) is 0 Å². The number of methoxy groups -OCH3 is 1. The van der Waals surface area contributed by atoms with Gasteiger partial charge in [-0.25, -0.2) is 9.98 Å². The second-order valence-electron chi connectivity index (χ2n) is 6.43.